The number of benzene rings is 1. The Kier molecular flexibility index (Phi) is 4.51. The van der Waals surface area contributed by atoms with Gasteiger partial charge in [-0.3, -0.25) is 0 Å². The highest BCUT2D eigenvalue weighted by Gasteiger charge is 2.14. The second-order valence-corrected chi connectivity index (χ2v) is 7.13. The molecule has 0 bridgehead atoms. The highest BCUT2D eigenvalue weighted by atomic mass is 32.2. The van der Waals surface area contributed by atoms with E-state index in [4.69, 9.17) is 5.73 Å². The molecular weight excluding hydrogens is 264 g/mol. The second kappa shape index (κ2) is 5.98. The van der Waals surface area contributed by atoms with Gasteiger partial charge in [0.1, 0.15) is 5.03 Å². The Bertz CT molecular complexity index is 568. The van der Waals surface area contributed by atoms with Crippen LogP contribution >= 0.6 is 11.8 Å². The SMILES string of the molecule is CC(N)c1cccnc1Sc1ccc(C(C)(C)C)cc1. The summed E-state index contributed by atoms with van der Waals surface area (Å²) in [6.07, 6.45) is 1.82. The number of hydrogen-bond acceptors (Lipinski definition) is 3. The topological polar surface area (TPSA) is 38.9 Å². The molecule has 1 heterocycles. The third-order valence-corrected chi connectivity index (χ3v) is 4.27. The van der Waals surface area contributed by atoms with E-state index in [1.165, 1.54) is 10.5 Å². The average molecular weight is 286 g/mol. The summed E-state index contributed by atoms with van der Waals surface area (Å²) < 4.78 is 0. The van der Waals surface area contributed by atoms with E-state index in [1.807, 2.05) is 25.3 Å². The molecule has 0 saturated heterocycles. The molecule has 0 aliphatic carbocycles. The molecule has 20 heavy (non-hydrogen) atoms. The number of nitrogens with two attached hydrogens (primary N) is 1. The van der Waals surface area contributed by atoms with E-state index < -0.39 is 0 Å². The lowest BCUT2D eigenvalue weighted by Crippen LogP contribution is -2.10. The largest absolute Gasteiger partial charge is 0.324 e. The van der Waals surface area contributed by atoms with Gasteiger partial charge in [0.2, 0.25) is 0 Å². The highest BCUT2D eigenvalue weighted by molar-refractivity contribution is 7.99. The van der Waals surface area contributed by atoms with E-state index in [1.54, 1.807) is 11.8 Å². The first-order valence-electron chi connectivity index (χ1n) is 6.87. The monoisotopic (exact) mass is 286 g/mol. The molecule has 1 aromatic heterocycles. The zero-order chi connectivity index (χ0) is 14.8. The lowest BCUT2D eigenvalue weighted by atomic mass is 9.87. The van der Waals surface area contributed by atoms with Gasteiger partial charge in [0.15, 0.2) is 0 Å². The van der Waals surface area contributed by atoms with Crippen LogP contribution in [0.5, 0.6) is 0 Å². The van der Waals surface area contributed by atoms with Gasteiger partial charge in [-0.05, 0) is 36.1 Å². The fourth-order valence-corrected chi connectivity index (χ4v) is 2.95. The average Bonchev–Trinajstić information content (AvgIpc) is 2.38. The van der Waals surface area contributed by atoms with E-state index in [0.29, 0.717) is 0 Å². The van der Waals surface area contributed by atoms with Crippen LogP contribution in [0.15, 0.2) is 52.5 Å². The lowest BCUT2D eigenvalue weighted by Gasteiger charge is -2.19. The summed E-state index contributed by atoms with van der Waals surface area (Å²) in [5.41, 5.74) is 8.62. The highest BCUT2D eigenvalue weighted by Crippen LogP contribution is 2.32. The molecule has 0 radical (unpaired) electrons. The molecule has 2 nitrogen and oxygen atoms in total. The number of rotatable bonds is 3. The predicted molar refractivity (Wildman–Crippen MR) is 86.1 cm³/mol. The Morgan fingerprint density at radius 3 is 2.30 bits per heavy atom. The number of aromatic nitrogens is 1. The molecule has 0 saturated carbocycles. The van der Waals surface area contributed by atoms with E-state index in [0.717, 1.165) is 10.6 Å². The normalized spacial score (nSPS) is 13.2. The van der Waals surface area contributed by atoms with Crippen molar-refractivity contribution in [2.45, 2.75) is 49.1 Å². The molecular formula is C17H22N2S. The van der Waals surface area contributed by atoms with Crippen molar-refractivity contribution in [3.05, 3.63) is 53.7 Å². The van der Waals surface area contributed by atoms with Crippen molar-refractivity contribution in [3.63, 3.8) is 0 Å². The van der Waals surface area contributed by atoms with Crippen molar-refractivity contribution in [1.82, 2.24) is 4.98 Å². The first kappa shape index (κ1) is 15.1. The molecule has 106 valence electrons. The van der Waals surface area contributed by atoms with Crippen LogP contribution in [0, 0.1) is 0 Å². The summed E-state index contributed by atoms with van der Waals surface area (Å²) in [5.74, 6) is 0. The first-order chi connectivity index (χ1) is 9.38. The molecule has 2 N–H and O–H groups in total. The molecule has 0 fully saturated rings. The summed E-state index contributed by atoms with van der Waals surface area (Å²) in [6.45, 7) is 8.66. The van der Waals surface area contributed by atoms with Gasteiger partial charge in [0.05, 0.1) is 0 Å². The first-order valence-corrected chi connectivity index (χ1v) is 7.68. The van der Waals surface area contributed by atoms with Crippen LogP contribution in [0.25, 0.3) is 0 Å². The Morgan fingerprint density at radius 1 is 1.10 bits per heavy atom. The number of pyridine rings is 1. The van der Waals surface area contributed by atoms with Crippen LogP contribution in [0.2, 0.25) is 0 Å². The lowest BCUT2D eigenvalue weighted by molar-refractivity contribution is 0.590. The minimum atomic E-state index is 0.0000448. The van der Waals surface area contributed by atoms with Crippen LogP contribution in [-0.4, -0.2) is 4.98 Å². The Labute approximate surface area is 125 Å². The van der Waals surface area contributed by atoms with E-state index in [-0.39, 0.29) is 11.5 Å². The van der Waals surface area contributed by atoms with E-state index >= 15 is 0 Å². The molecule has 0 aliphatic heterocycles. The molecule has 0 aliphatic rings. The predicted octanol–water partition coefficient (Wildman–Crippen LogP) is 4.55. The fourth-order valence-electron chi connectivity index (χ4n) is 1.97. The molecule has 2 aromatic rings. The zero-order valence-electron chi connectivity index (χ0n) is 12.6. The van der Waals surface area contributed by atoms with Crippen LogP contribution in [-0.2, 0) is 5.41 Å². The molecule has 1 unspecified atom stereocenters. The fraction of sp³-hybridized carbons (Fsp3) is 0.353. The summed E-state index contributed by atoms with van der Waals surface area (Å²) in [6, 6.07) is 12.7. The van der Waals surface area contributed by atoms with Gasteiger partial charge in [0, 0.05) is 22.7 Å². The van der Waals surface area contributed by atoms with Crippen LogP contribution in [0.4, 0.5) is 0 Å². The molecule has 0 amide bonds. The van der Waals surface area contributed by atoms with Crippen molar-refractivity contribution in [2.75, 3.05) is 0 Å². The molecule has 3 heteroatoms. The van der Waals surface area contributed by atoms with E-state index in [9.17, 15) is 0 Å². The van der Waals surface area contributed by atoms with Crippen LogP contribution in [0.3, 0.4) is 0 Å². The van der Waals surface area contributed by atoms with Gasteiger partial charge >= 0.3 is 0 Å². The Hall–Kier alpha value is -1.32. The zero-order valence-corrected chi connectivity index (χ0v) is 13.4. The van der Waals surface area contributed by atoms with Crippen molar-refractivity contribution in [2.24, 2.45) is 5.73 Å². The molecule has 2 rings (SSSR count). The van der Waals surface area contributed by atoms with Gasteiger partial charge < -0.3 is 5.73 Å². The summed E-state index contributed by atoms with van der Waals surface area (Å²) in [4.78, 5) is 5.64. The van der Waals surface area contributed by atoms with Crippen molar-refractivity contribution < 1.29 is 0 Å². The maximum Gasteiger partial charge on any atom is 0.105 e. The second-order valence-electron chi connectivity index (χ2n) is 6.06. The van der Waals surface area contributed by atoms with Gasteiger partial charge in [-0.1, -0.05) is 50.7 Å². The smallest absolute Gasteiger partial charge is 0.105 e. The van der Waals surface area contributed by atoms with Crippen molar-refractivity contribution >= 4 is 11.8 Å². The Balaban J connectivity index is 2.23. The third kappa shape index (κ3) is 3.62. The summed E-state index contributed by atoms with van der Waals surface area (Å²) >= 11 is 1.67. The van der Waals surface area contributed by atoms with Crippen molar-refractivity contribution in [3.8, 4) is 0 Å². The number of nitrogens with zero attached hydrogens (tertiary/aromatic N) is 1. The maximum absolute atomic E-state index is 6.00. The number of hydrogen-bond donors (Lipinski definition) is 1. The standard InChI is InChI=1S/C17H22N2S/c1-12(18)15-6-5-11-19-16(15)20-14-9-7-13(8-10-14)17(2,3)4/h5-12H,18H2,1-4H3. The van der Waals surface area contributed by atoms with Gasteiger partial charge in [-0.25, -0.2) is 4.98 Å². The Morgan fingerprint density at radius 2 is 1.75 bits per heavy atom. The molecule has 0 spiro atoms. The van der Waals surface area contributed by atoms with Crippen molar-refractivity contribution in [1.29, 1.82) is 0 Å². The maximum atomic E-state index is 6.00. The third-order valence-electron chi connectivity index (χ3n) is 3.23. The minimum absolute atomic E-state index is 0.0000448. The van der Waals surface area contributed by atoms with Crippen LogP contribution < -0.4 is 5.73 Å². The quantitative estimate of drug-likeness (QED) is 0.899. The van der Waals surface area contributed by atoms with Gasteiger partial charge in [-0.15, -0.1) is 0 Å². The summed E-state index contributed by atoms with van der Waals surface area (Å²) in [7, 11) is 0. The van der Waals surface area contributed by atoms with Gasteiger partial charge in [-0.2, -0.15) is 0 Å². The molecule has 1 aromatic carbocycles. The van der Waals surface area contributed by atoms with Crippen LogP contribution in [0.1, 0.15) is 44.9 Å². The summed E-state index contributed by atoms with van der Waals surface area (Å²) in [5, 5.41) is 0.992. The minimum Gasteiger partial charge on any atom is -0.324 e. The molecule has 1 atom stereocenters. The van der Waals surface area contributed by atoms with Gasteiger partial charge in [0.25, 0.3) is 0 Å². The van der Waals surface area contributed by atoms with E-state index in [2.05, 4.69) is 50.0 Å².